The van der Waals surface area contributed by atoms with E-state index in [2.05, 4.69) is 41.5 Å². The molecule has 1 spiro atoms. The number of ether oxygens (including phenoxy) is 2. The molecule has 150 valence electrons. The highest BCUT2D eigenvalue weighted by molar-refractivity contribution is 6.10. The van der Waals surface area contributed by atoms with Gasteiger partial charge in [0.05, 0.1) is 12.5 Å². The Morgan fingerprint density at radius 1 is 1.19 bits per heavy atom. The predicted octanol–water partition coefficient (Wildman–Crippen LogP) is 5.66. The fourth-order valence-electron chi connectivity index (χ4n) is 6.89. The van der Waals surface area contributed by atoms with Crippen molar-refractivity contribution in [1.82, 2.24) is 0 Å². The largest absolute Gasteiger partial charge is 0.500 e. The first-order valence-electron chi connectivity index (χ1n) is 10.7. The van der Waals surface area contributed by atoms with Crippen molar-refractivity contribution in [2.75, 3.05) is 7.11 Å². The first kappa shape index (κ1) is 19.1. The lowest BCUT2D eigenvalue weighted by Gasteiger charge is -2.67. The van der Waals surface area contributed by atoms with Gasteiger partial charge in [-0.1, -0.05) is 27.7 Å². The first-order valence-corrected chi connectivity index (χ1v) is 10.7. The van der Waals surface area contributed by atoms with Gasteiger partial charge in [0.15, 0.2) is 5.78 Å². The topological polar surface area (TPSA) is 35.5 Å². The second kappa shape index (κ2) is 5.64. The molecule has 1 unspecified atom stereocenters. The number of carbonyl (C=O) groups excluding carboxylic acids is 1. The van der Waals surface area contributed by atoms with Crippen molar-refractivity contribution in [2.45, 2.75) is 79.8 Å². The number of carbonyl (C=O) groups is 1. The van der Waals surface area contributed by atoms with Crippen molar-refractivity contribution < 1.29 is 14.3 Å². The first-order chi connectivity index (χ1) is 12.5. The molecular formula is C24H36O3. The maximum Gasteiger partial charge on any atom is 0.191 e. The predicted molar refractivity (Wildman–Crippen MR) is 107 cm³/mol. The van der Waals surface area contributed by atoms with E-state index in [0.29, 0.717) is 17.3 Å². The van der Waals surface area contributed by atoms with E-state index in [-0.39, 0.29) is 17.3 Å². The Hall–Kier alpha value is -1.25. The van der Waals surface area contributed by atoms with Gasteiger partial charge in [-0.05, 0) is 69.6 Å². The third-order valence-corrected chi connectivity index (χ3v) is 8.58. The quantitative estimate of drug-likeness (QED) is 0.627. The molecule has 5 aliphatic rings. The minimum atomic E-state index is -0.395. The summed E-state index contributed by atoms with van der Waals surface area (Å²) in [6.07, 6.45) is 4.64. The van der Waals surface area contributed by atoms with Crippen LogP contribution in [-0.4, -0.2) is 18.5 Å². The molecule has 0 aromatic heterocycles. The summed E-state index contributed by atoms with van der Waals surface area (Å²) >= 11 is 0. The molecule has 27 heavy (non-hydrogen) atoms. The van der Waals surface area contributed by atoms with Crippen LogP contribution < -0.4 is 0 Å². The van der Waals surface area contributed by atoms with E-state index in [1.54, 1.807) is 7.11 Å². The molecule has 4 aliphatic carbocycles. The summed E-state index contributed by atoms with van der Waals surface area (Å²) < 4.78 is 12.7. The summed E-state index contributed by atoms with van der Waals surface area (Å²) in [7, 11) is 1.68. The number of Topliss-reactive ketones (excluding diaryl/α,β-unsaturated/α-hetero) is 1. The Labute approximate surface area is 164 Å². The molecule has 5 rings (SSSR count). The fourth-order valence-corrected chi connectivity index (χ4v) is 6.89. The van der Waals surface area contributed by atoms with E-state index < -0.39 is 5.41 Å². The number of ketones is 1. The fraction of sp³-hybridized carbons (Fsp3) is 0.792. The summed E-state index contributed by atoms with van der Waals surface area (Å²) in [6.45, 7) is 15.6. The molecule has 4 atom stereocenters. The van der Waals surface area contributed by atoms with Gasteiger partial charge >= 0.3 is 0 Å². The van der Waals surface area contributed by atoms with E-state index in [0.717, 1.165) is 41.4 Å². The normalized spacial score (nSPS) is 39.3. The molecule has 0 saturated heterocycles. The number of hydrogen-bond acceptors (Lipinski definition) is 3. The monoisotopic (exact) mass is 372 g/mol. The minimum absolute atomic E-state index is 0.117. The summed E-state index contributed by atoms with van der Waals surface area (Å²) in [5.41, 5.74) is 1.51. The standard InChI is InChI=1S/C24H36O3/c1-13(2)16-12-24(10-9-15-11-17(24)22(15,4)5)27-21-18(16)19(25)14(3)20(26-8)23(21,6)7/h13,15-17H,9-12H2,1-8H3/t15-,16+,17?,24+/m0/s1. The average Bonchev–Trinajstić information content (AvgIpc) is 2.59. The molecule has 3 nitrogen and oxygen atoms in total. The van der Waals surface area contributed by atoms with Gasteiger partial charge in [-0.15, -0.1) is 0 Å². The number of allylic oxidation sites excluding steroid dienone is 2. The van der Waals surface area contributed by atoms with Crippen LogP contribution in [0.4, 0.5) is 0 Å². The third-order valence-electron chi connectivity index (χ3n) is 8.58. The Balaban J connectivity index is 1.86. The summed E-state index contributed by atoms with van der Waals surface area (Å²) in [5, 5.41) is 0. The summed E-state index contributed by atoms with van der Waals surface area (Å²) in [6, 6.07) is 0. The second-order valence-electron chi connectivity index (χ2n) is 10.9. The summed E-state index contributed by atoms with van der Waals surface area (Å²) in [5.74, 6) is 3.92. The summed E-state index contributed by atoms with van der Waals surface area (Å²) in [4.78, 5) is 13.3. The van der Waals surface area contributed by atoms with Crippen LogP contribution in [0.5, 0.6) is 0 Å². The van der Waals surface area contributed by atoms with Crippen LogP contribution in [0.25, 0.3) is 0 Å². The highest BCUT2D eigenvalue weighted by atomic mass is 16.5. The van der Waals surface area contributed by atoms with Gasteiger partial charge in [0.1, 0.15) is 17.1 Å². The number of hydrogen-bond donors (Lipinski definition) is 0. The molecule has 0 N–H and O–H groups in total. The highest BCUT2D eigenvalue weighted by Crippen LogP contribution is 2.68. The number of methoxy groups -OCH3 is 1. The lowest BCUT2D eigenvalue weighted by atomic mass is 9.42. The van der Waals surface area contributed by atoms with Crippen LogP contribution in [0.1, 0.15) is 74.1 Å². The van der Waals surface area contributed by atoms with E-state index in [4.69, 9.17) is 9.47 Å². The van der Waals surface area contributed by atoms with Crippen LogP contribution >= 0.6 is 0 Å². The molecule has 0 amide bonds. The van der Waals surface area contributed by atoms with Crippen molar-refractivity contribution in [1.29, 1.82) is 0 Å². The van der Waals surface area contributed by atoms with Gasteiger partial charge in [-0.3, -0.25) is 4.79 Å². The van der Waals surface area contributed by atoms with Crippen molar-refractivity contribution >= 4 is 5.78 Å². The van der Waals surface area contributed by atoms with E-state index >= 15 is 0 Å². The van der Waals surface area contributed by atoms with Crippen LogP contribution in [0, 0.1) is 34.5 Å². The molecular weight excluding hydrogens is 336 g/mol. The average molecular weight is 373 g/mol. The molecule has 1 aliphatic heterocycles. The molecule has 1 heterocycles. The van der Waals surface area contributed by atoms with Gasteiger partial charge in [0.2, 0.25) is 0 Å². The van der Waals surface area contributed by atoms with Crippen molar-refractivity contribution in [3.8, 4) is 0 Å². The van der Waals surface area contributed by atoms with Gasteiger partial charge in [-0.2, -0.15) is 0 Å². The zero-order chi connectivity index (χ0) is 19.9. The SMILES string of the molecule is COC1=C(C)C(=O)C2=C(O[C@]3(CC[C@H]4CC3C4(C)C)C[C@@H]2C(C)C)C1(C)C. The smallest absolute Gasteiger partial charge is 0.191 e. The molecule has 3 fully saturated rings. The van der Waals surface area contributed by atoms with Gasteiger partial charge in [0, 0.05) is 17.1 Å². The second-order valence-corrected chi connectivity index (χ2v) is 10.9. The molecule has 0 aromatic carbocycles. The van der Waals surface area contributed by atoms with Crippen LogP contribution in [0.2, 0.25) is 0 Å². The van der Waals surface area contributed by atoms with Gasteiger partial charge in [0.25, 0.3) is 0 Å². The number of fused-ring (bicyclic) bond motifs is 1. The Bertz CT molecular complexity index is 750. The minimum Gasteiger partial charge on any atom is -0.500 e. The van der Waals surface area contributed by atoms with Crippen LogP contribution in [-0.2, 0) is 14.3 Å². The number of rotatable bonds is 2. The molecule has 3 saturated carbocycles. The van der Waals surface area contributed by atoms with Crippen LogP contribution in [0.3, 0.4) is 0 Å². The van der Waals surface area contributed by atoms with E-state index in [1.807, 2.05) is 6.92 Å². The van der Waals surface area contributed by atoms with E-state index in [9.17, 15) is 4.79 Å². The van der Waals surface area contributed by atoms with Gasteiger partial charge < -0.3 is 9.47 Å². The Morgan fingerprint density at radius 2 is 1.85 bits per heavy atom. The molecule has 2 bridgehead atoms. The zero-order valence-electron chi connectivity index (χ0n) is 18.4. The lowest BCUT2D eigenvalue weighted by Crippen LogP contribution is -2.64. The third kappa shape index (κ3) is 2.29. The molecule has 0 radical (unpaired) electrons. The lowest BCUT2D eigenvalue weighted by molar-refractivity contribution is -0.230. The Morgan fingerprint density at radius 3 is 2.37 bits per heavy atom. The zero-order valence-corrected chi connectivity index (χ0v) is 18.4. The van der Waals surface area contributed by atoms with Gasteiger partial charge in [-0.25, -0.2) is 0 Å². The molecule has 0 aromatic rings. The Kier molecular flexibility index (Phi) is 3.99. The maximum absolute atomic E-state index is 13.3. The van der Waals surface area contributed by atoms with Crippen molar-refractivity contribution in [3.63, 3.8) is 0 Å². The van der Waals surface area contributed by atoms with Crippen molar-refractivity contribution in [3.05, 3.63) is 22.7 Å². The maximum atomic E-state index is 13.3. The van der Waals surface area contributed by atoms with E-state index in [1.165, 1.54) is 12.8 Å². The molecule has 3 heteroatoms. The van der Waals surface area contributed by atoms with Crippen molar-refractivity contribution in [2.24, 2.45) is 34.5 Å². The highest BCUT2D eigenvalue weighted by Gasteiger charge is 2.65. The van der Waals surface area contributed by atoms with Crippen LogP contribution in [0.15, 0.2) is 22.7 Å².